The first-order valence-corrected chi connectivity index (χ1v) is 12.8. The third-order valence-corrected chi connectivity index (χ3v) is 8.01. The van der Waals surface area contributed by atoms with Gasteiger partial charge in [0, 0.05) is 36.6 Å². The van der Waals surface area contributed by atoms with Gasteiger partial charge in [-0.05, 0) is 56.4 Å². The molecule has 3 aliphatic carbocycles. The van der Waals surface area contributed by atoms with E-state index in [1.54, 1.807) is 12.3 Å². The Balaban J connectivity index is 1.17. The second-order valence-corrected chi connectivity index (χ2v) is 10.4. The van der Waals surface area contributed by atoms with Crippen LogP contribution in [0.1, 0.15) is 42.6 Å². The average molecular weight is 533 g/mol. The number of nitrogens with zero attached hydrogens (tertiary/aromatic N) is 2. The highest BCUT2D eigenvalue weighted by Gasteiger charge is 2.55. The minimum atomic E-state index is -0.833. The number of benzene rings is 1. The number of amides is 2. The standard InChI is InChI=1S/C26H30ClFN4O5/c27-19-2-1-18(14-20(19)28)37-16-23(34)30-26-6-4-25(5-7-26,15-22(26)33)31-24(35)21-13-17(3-8-29-21)32-9-11-36-12-10-32/h1-3,8,13-14,22,33H,4-7,9-12,15-16H2,(H,30,34)(H,31,35). The lowest BCUT2D eigenvalue weighted by atomic mass is 9.60. The van der Waals surface area contributed by atoms with E-state index in [4.69, 9.17) is 21.1 Å². The lowest BCUT2D eigenvalue weighted by Gasteiger charge is -2.56. The van der Waals surface area contributed by atoms with Crippen molar-refractivity contribution in [2.75, 3.05) is 37.8 Å². The summed E-state index contributed by atoms with van der Waals surface area (Å²) in [5, 5.41) is 17.1. The molecule has 3 N–H and O–H groups in total. The number of pyridine rings is 1. The van der Waals surface area contributed by atoms with E-state index < -0.39 is 28.9 Å². The maximum atomic E-state index is 13.6. The van der Waals surface area contributed by atoms with Crippen molar-refractivity contribution in [3.05, 3.63) is 53.1 Å². The Labute approximate surface area is 219 Å². The Bertz CT molecular complexity index is 1170. The van der Waals surface area contributed by atoms with E-state index in [9.17, 15) is 19.1 Å². The van der Waals surface area contributed by atoms with Crippen molar-refractivity contribution in [3.63, 3.8) is 0 Å². The Morgan fingerprint density at radius 3 is 2.62 bits per heavy atom. The lowest BCUT2D eigenvalue weighted by Crippen LogP contribution is -2.70. The van der Waals surface area contributed by atoms with Crippen molar-refractivity contribution in [3.8, 4) is 5.75 Å². The molecule has 0 radical (unpaired) electrons. The second kappa shape index (κ2) is 10.4. The van der Waals surface area contributed by atoms with Gasteiger partial charge in [-0.15, -0.1) is 0 Å². The average Bonchev–Trinajstić information content (AvgIpc) is 2.91. The molecule has 2 bridgehead atoms. The molecule has 1 atom stereocenters. The number of carbonyl (C=O) groups excluding carboxylic acids is 2. The fraction of sp³-hybridized carbons (Fsp3) is 0.500. The Morgan fingerprint density at radius 2 is 1.92 bits per heavy atom. The summed E-state index contributed by atoms with van der Waals surface area (Å²) in [5.74, 6) is -1.12. The second-order valence-electron chi connectivity index (χ2n) is 10.0. The van der Waals surface area contributed by atoms with Gasteiger partial charge in [0.15, 0.2) is 6.61 Å². The summed E-state index contributed by atoms with van der Waals surface area (Å²) in [6.07, 6.45) is 3.37. The predicted octanol–water partition coefficient (Wildman–Crippen LogP) is 2.45. The van der Waals surface area contributed by atoms with Crippen molar-refractivity contribution >= 4 is 29.1 Å². The van der Waals surface area contributed by atoms with Crippen molar-refractivity contribution in [1.29, 1.82) is 0 Å². The van der Waals surface area contributed by atoms with Crippen LogP contribution in [0.2, 0.25) is 5.02 Å². The third-order valence-electron chi connectivity index (χ3n) is 7.70. The topological polar surface area (TPSA) is 113 Å². The summed E-state index contributed by atoms with van der Waals surface area (Å²) in [7, 11) is 0. The van der Waals surface area contributed by atoms with Crippen LogP contribution >= 0.6 is 11.6 Å². The van der Waals surface area contributed by atoms with Crippen LogP contribution in [0.3, 0.4) is 0 Å². The van der Waals surface area contributed by atoms with Gasteiger partial charge in [-0.1, -0.05) is 11.6 Å². The van der Waals surface area contributed by atoms with Gasteiger partial charge in [-0.3, -0.25) is 14.6 Å². The highest BCUT2D eigenvalue weighted by atomic mass is 35.5. The quantitative estimate of drug-likeness (QED) is 0.502. The van der Waals surface area contributed by atoms with E-state index in [-0.39, 0.29) is 23.3 Å². The zero-order valence-corrected chi connectivity index (χ0v) is 21.1. The minimum Gasteiger partial charge on any atom is -0.484 e. The zero-order chi connectivity index (χ0) is 26.0. The molecule has 11 heteroatoms. The molecule has 3 saturated carbocycles. The van der Waals surface area contributed by atoms with Crippen LogP contribution in [0.25, 0.3) is 0 Å². The largest absolute Gasteiger partial charge is 0.484 e. The molecule has 6 rings (SSSR count). The van der Waals surface area contributed by atoms with Gasteiger partial charge < -0.3 is 30.1 Å². The monoisotopic (exact) mass is 532 g/mol. The van der Waals surface area contributed by atoms with Crippen molar-refractivity contribution < 1.29 is 28.6 Å². The number of aliphatic hydroxyl groups excluding tert-OH is 1. The number of aliphatic hydroxyl groups is 1. The Hall–Kier alpha value is -2.95. The number of ether oxygens (including phenoxy) is 2. The molecule has 1 unspecified atom stereocenters. The number of halogens is 2. The molecule has 37 heavy (non-hydrogen) atoms. The van der Waals surface area contributed by atoms with Gasteiger partial charge in [0.2, 0.25) is 0 Å². The number of anilines is 1. The van der Waals surface area contributed by atoms with Crippen molar-refractivity contribution in [1.82, 2.24) is 15.6 Å². The molecule has 9 nitrogen and oxygen atoms in total. The lowest BCUT2D eigenvalue weighted by molar-refractivity contribution is -0.132. The molecule has 1 aliphatic heterocycles. The zero-order valence-electron chi connectivity index (χ0n) is 20.3. The van der Waals surface area contributed by atoms with Gasteiger partial charge in [-0.25, -0.2) is 4.39 Å². The van der Waals surface area contributed by atoms with Crippen LogP contribution in [0.4, 0.5) is 10.1 Å². The molecular weight excluding hydrogens is 503 g/mol. The molecule has 1 saturated heterocycles. The summed E-state index contributed by atoms with van der Waals surface area (Å²) in [4.78, 5) is 32.2. The predicted molar refractivity (Wildman–Crippen MR) is 134 cm³/mol. The van der Waals surface area contributed by atoms with Crippen LogP contribution in [-0.2, 0) is 9.53 Å². The molecule has 4 fully saturated rings. The Morgan fingerprint density at radius 1 is 1.16 bits per heavy atom. The van der Waals surface area contributed by atoms with Crippen molar-refractivity contribution in [2.24, 2.45) is 0 Å². The van der Waals surface area contributed by atoms with E-state index in [1.165, 1.54) is 12.1 Å². The maximum absolute atomic E-state index is 13.6. The van der Waals surface area contributed by atoms with Crippen LogP contribution in [-0.4, -0.2) is 72.0 Å². The molecule has 198 valence electrons. The first kappa shape index (κ1) is 25.7. The van der Waals surface area contributed by atoms with Gasteiger partial charge in [-0.2, -0.15) is 0 Å². The molecule has 2 amide bonds. The number of fused-ring (bicyclic) bond motifs is 3. The van der Waals surface area contributed by atoms with E-state index in [0.717, 1.165) is 24.8 Å². The molecule has 1 aromatic heterocycles. The van der Waals surface area contributed by atoms with Gasteiger partial charge >= 0.3 is 0 Å². The fourth-order valence-electron chi connectivity index (χ4n) is 5.56. The van der Waals surface area contributed by atoms with E-state index in [1.807, 2.05) is 6.07 Å². The summed E-state index contributed by atoms with van der Waals surface area (Å²) in [6.45, 7) is 2.50. The van der Waals surface area contributed by atoms with Gasteiger partial charge in [0.25, 0.3) is 11.8 Å². The van der Waals surface area contributed by atoms with Crippen LogP contribution in [0.15, 0.2) is 36.5 Å². The third kappa shape index (κ3) is 5.51. The van der Waals surface area contributed by atoms with Gasteiger partial charge in [0.1, 0.15) is 17.3 Å². The summed E-state index contributed by atoms with van der Waals surface area (Å²) >= 11 is 5.67. The van der Waals surface area contributed by atoms with E-state index in [0.29, 0.717) is 51.0 Å². The molecular formula is C26H30ClFN4O5. The number of nitrogens with one attached hydrogen (secondary N) is 2. The number of morpholine rings is 1. The van der Waals surface area contributed by atoms with Crippen LogP contribution < -0.4 is 20.3 Å². The van der Waals surface area contributed by atoms with Crippen molar-refractivity contribution in [2.45, 2.75) is 49.3 Å². The number of hydrogen-bond acceptors (Lipinski definition) is 7. The van der Waals surface area contributed by atoms with Crippen LogP contribution in [0.5, 0.6) is 5.75 Å². The first-order chi connectivity index (χ1) is 17.8. The minimum absolute atomic E-state index is 0.0283. The summed E-state index contributed by atoms with van der Waals surface area (Å²) in [5.41, 5.74) is -0.0817. The fourth-order valence-corrected chi connectivity index (χ4v) is 5.68. The maximum Gasteiger partial charge on any atom is 0.270 e. The molecule has 2 aromatic rings. The summed E-state index contributed by atoms with van der Waals surface area (Å²) in [6, 6.07) is 7.63. The first-order valence-electron chi connectivity index (χ1n) is 12.5. The summed E-state index contributed by atoms with van der Waals surface area (Å²) < 4.78 is 24.4. The van der Waals surface area contributed by atoms with E-state index in [2.05, 4.69) is 20.5 Å². The molecule has 0 spiro atoms. The normalized spacial score (nSPS) is 27.0. The smallest absolute Gasteiger partial charge is 0.270 e. The Kier molecular flexibility index (Phi) is 7.24. The molecule has 1 aromatic carbocycles. The number of rotatable bonds is 7. The molecule has 4 aliphatic rings. The highest BCUT2D eigenvalue weighted by Crippen LogP contribution is 2.47. The van der Waals surface area contributed by atoms with Gasteiger partial charge in [0.05, 0.1) is 29.9 Å². The number of aromatic nitrogens is 1. The highest BCUT2D eigenvalue weighted by molar-refractivity contribution is 6.30. The number of carbonyl (C=O) groups is 2. The SMILES string of the molecule is O=C(COc1ccc(Cl)c(F)c1)NC12CCC(NC(=O)c3cc(N4CCOCC4)ccn3)(CC1)CC2O. The van der Waals surface area contributed by atoms with Crippen LogP contribution in [0, 0.1) is 5.82 Å². The van der Waals surface area contributed by atoms with E-state index >= 15 is 0 Å². The molecule has 2 heterocycles. The number of hydrogen-bond donors (Lipinski definition) is 3.